The Hall–Kier alpha value is -0.200. The molecule has 1 saturated carbocycles. The molecule has 3 rings (SSSR count). The summed E-state index contributed by atoms with van der Waals surface area (Å²) in [4.78, 5) is 15.5. The molecule has 0 bridgehead atoms. The highest BCUT2D eigenvalue weighted by atomic mass is 127. The zero-order chi connectivity index (χ0) is 14.1. The van der Waals surface area contributed by atoms with Crippen molar-refractivity contribution < 1.29 is 0 Å². The van der Waals surface area contributed by atoms with Crippen LogP contribution in [0.3, 0.4) is 0 Å². The van der Waals surface area contributed by atoms with Crippen LogP contribution in [0.1, 0.15) is 32.1 Å². The lowest BCUT2D eigenvalue weighted by molar-refractivity contribution is 0.426. The van der Waals surface area contributed by atoms with Gasteiger partial charge in [-0.2, -0.15) is 9.97 Å². The van der Waals surface area contributed by atoms with Gasteiger partial charge in [-0.1, -0.05) is 19.3 Å². The van der Waals surface area contributed by atoms with Gasteiger partial charge in [-0.3, -0.25) is 4.34 Å². The quantitative estimate of drug-likeness (QED) is 0.425. The maximum Gasteiger partial charge on any atom is 0.226 e. The number of aromatic nitrogens is 4. The van der Waals surface area contributed by atoms with Gasteiger partial charge in [0.1, 0.15) is 6.33 Å². The van der Waals surface area contributed by atoms with Gasteiger partial charge in [0.2, 0.25) is 5.28 Å². The lowest BCUT2D eigenvalue weighted by Gasteiger charge is -2.32. The maximum atomic E-state index is 6.10. The van der Waals surface area contributed by atoms with E-state index >= 15 is 0 Å². The minimum absolute atomic E-state index is 0.298. The van der Waals surface area contributed by atoms with Gasteiger partial charge in [-0.15, -0.1) is 0 Å². The van der Waals surface area contributed by atoms with Gasteiger partial charge in [0, 0.05) is 13.1 Å². The standard InChI is InChI=1S/C12H16ClIN5P/c1-18(8-5-3-2-4-6-8)10-9-11(17-12(13)16-10)19(20-14)7-15-9/h7-8,20H,2-6H2,1H3. The van der Waals surface area contributed by atoms with Crippen LogP contribution < -0.4 is 4.90 Å². The minimum Gasteiger partial charge on any atom is -0.355 e. The lowest BCUT2D eigenvalue weighted by atomic mass is 9.94. The SMILES string of the molecule is CN(c1nc(Cl)nc2c1ncn2PI)C1CCCCC1. The molecule has 1 aliphatic carbocycles. The number of hydrogen-bond acceptors (Lipinski definition) is 4. The summed E-state index contributed by atoms with van der Waals surface area (Å²) in [7, 11) is 2.10. The highest BCUT2D eigenvalue weighted by Crippen LogP contribution is 2.33. The molecule has 0 saturated heterocycles. The molecule has 0 radical (unpaired) electrons. The van der Waals surface area contributed by atoms with Crippen molar-refractivity contribution in [3.63, 3.8) is 0 Å². The van der Waals surface area contributed by atoms with E-state index < -0.39 is 0 Å². The average molecular weight is 424 g/mol. The fourth-order valence-corrected chi connectivity index (χ4v) is 4.36. The van der Waals surface area contributed by atoms with E-state index in [4.69, 9.17) is 11.6 Å². The van der Waals surface area contributed by atoms with E-state index in [9.17, 15) is 0 Å². The number of hydrogen-bond donors (Lipinski definition) is 0. The summed E-state index contributed by atoms with van der Waals surface area (Å²) in [5.74, 6) is 0.861. The molecule has 1 fully saturated rings. The molecule has 1 atom stereocenters. The van der Waals surface area contributed by atoms with Crippen LogP contribution >= 0.6 is 40.0 Å². The van der Waals surface area contributed by atoms with Crippen molar-refractivity contribution in [1.29, 1.82) is 0 Å². The normalized spacial score (nSPS) is 17.4. The molecule has 0 spiro atoms. The maximum absolute atomic E-state index is 6.10. The number of rotatable bonds is 3. The molecule has 1 unspecified atom stereocenters. The largest absolute Gasteiger partial charge is 0.355 e. The smallest absolute Gasteiger partial charge is 0.226 e. The third kappa shape index (κ3) is 2.74. The Morgan fingerprint density at radius 2 is 2.10 bits per heavy atom. The Morgan fingerprint density at radius 1 is 1.35 bits per heavy atom. The summed E-state index contributed by atoms with van der Waals surface area (Å²) < 4.78 is 2.02. The fraction of sp³-hybridized carbons (Fsp3) is 0.583. The van der Waals surface area contributed by atoms with E-state index in [-0.39, 0.29) is 0 Å². The van der Waals surface area contributed by atoms with E-state index in [1.165, 1.54) is 32.1 Å². The predicted octanol–water partition coefficient (Wildman–Crippen LogP) is 4.04. The monoisotopic (exact) mass is 423 g/mol. The first-order valence-corrected chi connectivity index (χ1v) is 11.1. The van der Waals surface area contributed by atoms with Gasteiger partial charge in [0.05, 0.1) is 6.37 Å². The molecule has 20 heavy (non-hydrogen) atoms. The number of nitrogens with zero attached hydrogens (tertiary/aromatic N) is 5. The van der Waals surface area contributed by atoms with Crippen LogP contribution in [0.2, 0.25) is 5.28 Å². The summed E-state index contributed by atoms with van der Waals surface area (Å²) in [5.41, 5.74) is 1.68. The van der Waals surface area contributed by atoms with Gasteiger partial charge in [0.25, 0.3) is 0 Å². The highest BCUT2D eigenvalue weighted by molar-refractivity contribution is 14.2. The number of fused-ring (bicyclic) bond motifs is 1. The van der Waals surface area contributed by atoms with Gasteiger partial charge in [0.15, 0.2) is 17.0 Å². The van der Waals surface area contributed by atoms with E-state index in [1.807, 2.05) is 10.7 Å². The molecule has 8 heteroatoms. The van der Waals surface area contributed by atoms with Crippen LogP contribution in [0, 0.1) is 0 Å². The molecule has 0 aliphatic heterocycles. The Balaban J connectivity index is 2.03. The number of anilines is 1. The summed E-state index contributed by atoms with van der Waals surface area (Å²) in [6, 6.07) is 0.533. The Kier molecular flexibility index (Phi) is 4.62. The van der Waals surface area contributed by atoms with Crippen molar-refractivity contribution in [3.8, 4) is 0 Å². The first-order chi connectivity index (χ1) is 9.70. The first-order valence-electron chi connectivity index (χ1n) is 6.71. The van der Waals surface area contributed by atoms with E-state index in [1.54, 1.807) is 0 Å². The molecule has 0 amide bonds. The molecule has 0 N–H and O–H groups in total. The van der Waals surface area contributed by atoms with Gasteiger partial charge < -0.3 is 4.90 Å². The Bertz CT molecular complexity index is 613. The summed E-state index contributed by atoms with van der Waals surface area (Å²) in [6.07, 6.45) is 8.74. The van der Waals surface area contributed by atoms with Crippen LogP contribution in [0.5, 0.6) is 0 Å². The van der Waals surface area contributed by atoms with E-state index in [0.717, 1.165) is 17.0 Å². The van der Waals surface area contributed by atoms with Crippen molar-refractivity contribution in [2.75, 3.05) is 11.9 Å². The molecule has 2 aromatic rings. The third-order valence-electron chi connectivity index (χ3n) is 3.90. The Morgan fingerprint density at radius 3 is 2.80 bits per heavy atom. The molecule has 2 aromatic heterocycles. The molecule has 0 aromatic carbocycles. The highest BCUT2D eigenvalue weighted by Gasteiger charge is 2.23. The number of imidazole rings is 1. The van der Waals surface area contributed by atoms with Crippen LogP contribution in [0.15, 0.2) is 6.33 Å². The second kappa shape index (κ2) is 6.28. The first kappa shape index (κ1) is 14.7. The van der Waals surface area contributed by atoms with Crippen molar-refractivity contribution in [2.24, 2.45) is 0 Å². The third-order valence-corrected chi connectivity index (χ3v) is 6.14. The van der Waals surface area contributed by atoms with E-state index in [0.29, 0.717) is 17.7 Å². The van der Waals surface area contributed by atoms with Crippen LogP contribution in [-0.4, -0.2) is 32.4 Å². The Labute approximate surface area is 137 Å². The zero-order valence-electron chi connectivity index (χ0n) is 11.2. The van der Waals surface area contributed by atoms with Gasteiger partial charge in [-0.05, 0) is 46.5 Å². The summed E-state index contributed by atoms with van der Waals surface area (Å²) in [5, 5.41) is 0.298. The zero-order valence-corrected chi connectivity index (χ0v) is 15.1. The van der Waals surface area contributed by atoms with Crippen molar-refractivity contribution >= 4 is 57.0 Å². The predicted molar refractivity (Wildman–Crippen MR) is 93.3 cm³/mol. The van der Waals surface area contributed by atoms with Crippen LogP contribution in [0.4, 0.5) is 5.82 Å². The van der Waals surface area contributed by atoms with Crippen molar-refractivity contribution in [2.45, 2.75) is 38.1 Å². The van der Waals surface area contributed by atoms with E-state index in [2.05, 4.69) is 48.9 Å². The number of halogens is 2. The lowest BCUT2D eigenvalue weighted by Crippen LogP contribution is -2.34. The molecule has 1 aliphatic rings. The van der Waals surface area contributed by atoms with Crippen LogP contribution in [-0.2, 0) is 0 Å². The second-order valence-corrected chi connectivity index (χ2v) is 7.53. The van der Waals surface area contributed by atoms with Crippen molar-refractivity contribution in [1.82, 2.24) is 19.3 Å². The van der Waals surface area contributed by atoms with Gasteiger partial charge >= 0.3 is 0 Å². The van der Waals surface area contributed by atoms with Crippen LogP contribution in [0.25, 0.3) is 11.2 Å². The summed E-state index contributed by atoms with van der Waals surface area (Å²) in [6.45, 7) is 0. The molecule has 108 valence electrons. The van der Waals surface area contributed by atoms with Crippen molar-refractivity contribution in [3.05, 3.63) is 11.6 Å². The summed E-state index contributed by atoms with van der Waals surface area (Å²) >= 11 is 8.42. The minimum atomic E-state index is 0.298. The topological polar surface area (TPSA) is 46.8 Å². The fourth-order valence-electron chi connectivity index (χ4n) is 2.81. The van der Waals surface area contributed by atoms with Gasteiger partial charge in [-0.25, -0.2) is 4.98 Å². The molecule has 5 nitrogen and oxygen atoms in total. The molecular formula is C12H16ClIN5P. The molecule has 2 heterocycles. The second-order valence-electron chi connectivity index (χ2n) is 5.09. The average Bonchev–Trinajstić information content (AvgIpc) is 2.89. The molecular weight excluding hydrogens is 407 g/mol.